The van der Waals surface area contributed by atoms with E-state index in [1.54, 1.807) is 5.57 Å². The molecular weight excluding hydrogens is 152 g/mol. The zero-order valence-corrected chi connectivity index (χ0v) is 7.31. The van der Waals surface area contributed by atoms with Gasteiger partial charge in [-0.15, -0.1) is 11.8 Å². The maximum absolute atomic E-state index is 2.29. The van der Waals surface area contributed by atoms with Crippen molar-refractivity contribution in [2.24, 2.45) is 0 Å². The van der Waals surface area contributed by atoms with Crippen molar-refractivity contribution in [1.29, 1.82) is 0 Å². The summed E-state index contributed by atoms with van der Waals surface area (Å²) in [7, 11) is 0. The van der Waals surface area contributed by atoms with Crippen LogP contribution in [0.3, 0.4) is 0 Å². The van der Waals surface area contributed by atoms with Gasteiger partial charge in [0.2, 0.25) is 0 Å². The van der Waals surface area contributed by atoms with E-state index in [2.05, 4.69) is 29.7 Å². The van der Waals surface area contributed by atoms with Crippen molar-refractivity contribution < 1.29 is 0 Å². The Labute approximate surface area is 72.1 Å². The number of allylic oxidation sites excluding steroid dienone is 4. The molecule has 0 amide bonds. The summed E-state index contributed by atoms with van der Waals surface area (Å²) in [5.74, 6) is 0. The van der Waals surface area contributed by atoms with Gasteiger partial charge in [-0.3, -0.25) is 0 Å². The first kappa shape index (κ1) is 7.23. The number of hydrogen-bond acceptors (Lipinski definition) is 1. The molecule has 0 nitrogen and oxygen atoms in total. The SMILES string of the molecule is C1=CCCC(C2CC=CS2)=C1. The second-order valence-electron chi connectivity index (χ2n) is 2.94. The molecule has 0 aromatic carbocycles. The fraction of sp³-hybridized carbons (Fsp3) is 0.400. The van der Waals surface area contributed by atoms with Crippen LogP contribution in [0.2, 0.25) is 0 Å². The Balaban J connectivity index is 2.03. The zero-order valence-electron chi connectivity index (χ0n) is 6.49. The summed E-state index contributed by atoms with van der Waals surface area (Å²) in [4.78, 5) is 0. The zero-order chi connectivity index (χ0) is 7.52. The molecule has 11 heavy (non-hydrogen) atoms. The molecule has 0 aromatic heterocycles. The second-order valence-corrected chi connectivity index (χ2v) is 4.05. The highest BCUT2D eigenvalue weighted by Crippen LogP contribution is 2.33. The van der Waals surface area contributed by atoms with E-state index >= 15 is 0 Å². The van der Waals surface area contributed by atoms with Crippen molar-refractivity contribution >= 4 is 11.8 Å². The van der Waals surface area contributed by atoms with E-state index in [1.165, 1.54) is 19.3 Å². The van der Waals surface area contributed by atoms with Crippen LogP contribution in [0.1, 0.15) is 19.3 Å². The van der Waals surface area contributed by atoms with Gasteiger partial charge in [-0.1, -0.05) is 29.9 Å². The average molecular weight is 164 g/mol. The molecular formula is C10H12S. The first-order valence-electron chi connectivity index (χ1n) is 4.13. The molecule has 1 heteroatoms. The minimum atomic E-state index is 0.764. The maximum atomic E-state index is 2.29. The Morgan fingerprint density at radius 3 is 3.00 bits per heavy atom. The molecule has 0 fully saturated rings. The van der Waals surface area contributed by atoms with Crippen LogP contribution >= 0.6 is 11.8 Å². The van der Waals surface area contributed by atoms with Crippen molar-refractivity contribution in [1.82, 2.24) is 0 Å². The Hall–Kier alpha value is -0.430. The highest BCUT2D eigenvalue weighted by Gasteiger charge is 2.15. The molecule has 2 rings (SSSR count). The van der Waals surface area contributed by atoms with E-state index < -0.39 is 0 Å². The van der Waals surface area contributed by atoms with Gasteiger partial charge >= 0.3 is 0 Å². The van der Waals surface area contributed by atoms with E-state index in [9.17, 15) is 0 Å². The molecule has 1 unspecified atom stereocenters. The summed E-state index contributed by atoms with van der Waals surface area (Å²) in [6, 6.07) is 0. The van der Waals surface area contributed by atoms with E-state index in [0.29, 0.717) is 0 Å². The number of thioether (sulfide) groups is 1. The van der Waals surface area contributed by atoms with Gasteiger partial charge in [0.05, 0.1) is 0 Å². The van der Waals surface area contributed by atoms with Gasteiger partial charge in [0.15, 0.2) is 0 Å². The van der Waals surface area contributed by atoms with Gasteiger partial charge in [-0.05, 0) is 24.7 Å². The summed E-state index contributed by atoms with van der Waals surface area (Å²) in [6.45, 7) is 0. The lowest BCUT2D eigenvalue weighted by Crippen LogP contribution is -2.03. The molecule has 0 spiro atoms. The van der Waals surface area contributed by atoms with E-state index in [1.807, 2.05) is 11.8 Å². The molecule has 0 aromatic rings. The van der Waals surface area contributed by atoms with Crippen LogP contribution in [0.4, 0.5) is 0 Å². The van der Waals surface area contributed by atoms with Gasteiger partial charge in [0.1, 0.15) is 0 Å². The normalized spacial score (nSPS) is 29.1. The van der Waals surface area contributed by atoms with Crippen LogP contribution < -0.4 is 0 Å². The van der Waals surface area contributed by atoms with Gasteiger partial charge in [0.25, 0.3) is 0 Å². The monoisotopic (exact) mass is 164 g/mol. The summed E-state index contributed by atoms with van der Waals surface area (Å²) >= 11 is 1.97. The Morgan fingerprint density at radius 1 is 1.36 bits per heavy atom. The molecule has 0 saturated carbocycles. The molecule has 1 aliphatic carbocycles. The molecule has 1 heterocycles. The topological polar surface area (TPSA) is 0 Å². The Kier molecular flexibility index (Phi) is 2.18. The largest absolute Gasteiger partial charge is 0.126 e. The van der Waals surface area contributed by atoms with E-state index in [-0.39, 0.29) is 0 Å². The molecule has 0 radical (unpaired) electrons. The highest BCUT2D eigenvalue weighted by molar-refractivity contribution is 8.03. The lowest BCUT2D eigenvalue weighted by Gasteiger charge is -2.14. The maximum Gasteiger partial charge on any atom is 0.0335 e. The van der Waals surface area contributed by atoms with E-state index in [4.69, 9.17) is 0 Å². The van der Waals surface area contributed by atoms with Crippen LogP contribution in [0.15, 0.2) is 35.3 Å². The molecule has 0 bridgehead atoms. The van der Waals surface area contributed by atoms with Crippen molar-refractivity contribution in [2.45, 2.75) is 24.5 Å². The van der Waals surface area contributed by atoms with Crippen LogP contribution in [0.5, 0.6) is 0 Å². The van der Waals surface area contributed by atoms with Gasteiger partial charge < -0.3 is 0 Å². The number of rotatable bonds is 1. The molecule has 58 valence electrons. The smallest absolute Gasteiger partial charge is 0.0335 e. The minimum absolute atomic E-state index is 0.764. The molecule has 0 N–H and O–H groups in total. The lowest BCUT2D eigenvalue weighted by molar-refractivity contribution is 0.875. The fourth-order valence-electron chi connectivity index (χ4n) is 1.51. The van der Waals surface area contributed by atoms with Crippen molar-refractivity contribution in [3.63, 3.8) is 0 Å². The quantitative estimate of drug-likeness (QED) is 0.573. The van der Waals surface area contributed by atoms with Crippen molar-refractivity contribution in [3.8, 4) is 0 Å². The second kappa shape index (κ2) is 3.31. The van der Waals surface area contributed by atoms with Crippen LogP contribution in [0, 0.1) is 0 Å². The summed E-state index contributed by atoms with van der Waals surface area (Å²) in [5, 5.41) is 2.99. The minimum Gasteiger partial charge on any atom is -0.126 e. The predicted octanol–water partition coefficient (Wildman–Crippen LogP) is 3.28. The van der Waals surface area contributed by atoms with Gasteiger partial charge in [0, 0.05) is 5.25 Å². The molecule has 1 aliphatic heterocycles. The lowest BCUT2D eigenvalue weighted by atomic mass is 10.0. The average Bonchev–Trinajstić information content (AvgIpc) is 2.58. The predicted molar refractivity (Wildman–Crippen MR) is 51.6 cm³/mol. The first-order valence-corrected chi connectivity index (χ1v) is 5.07. The Bertz CT molecular complexity index is 215. The highest BCUT2D eigenvalue weighted by atomic mass is 32.2. The van der Waals surface area contributed by atoms with E-state index in [0.717, 1.165) is 5.25 Å². The standard InChI is InChI=1S/C10H12S/c1-2-5-9(6-3-1)10-7-4-8-11-10/h1-2,4-5,8,10H,3,6-7H2. The third-order valence-electron chi connectivity index (χ3n) is 2.15. The van der Waals surface area contributed by atoms with Gasteiger partial charge in [-0.25, -0.2) is 0 Å². The third kappa shape index (κ3) is 1.59. The van der Waals surface area contributed by atoms with Crippen LogP contribution in [-0.4, -0.2) is 5.25 Å². The first-order chi connectivity index (χ1) is 5.47. The van der Waals surface area contributed by atoms with Crippen LogP contribution in [-0.2, 0) is 0 Å². The van der Waals surface area contributed by atoms with Gasteiger partial charge in [-0.2, -0.15) is 0 Å². The van der Waals surface area contributed by atoms with Crippen molar-refractivity contribution in [3.05, 3.63) is 35.3 Å². The third-order valence-corrected chi connectivity index (χ3v) is 3.32. The fourth-order valence-corrected chi connectivity index (χ4v) is 2.52. The summed E-state index contributed by atoms with van der Waals surface area (Å²) in [6.07, 6.45) is 12.8. The molecule has 1 atom stereocenters. The number of hydrogen-bond donors (Lipinski definition) is 0. The summed E-state index contributed by atoms with van der Waals surface area (Å²) < 4.78 is 0. The van der Waals surface area contributed by atoms with Crippen LogP contribution in [0.25, 0.3) is 0 Å². The molecule has 2 aliphatic rings. The summed E-state index contributed by atoms with van der Waals surface area (Å²) in [5.41, 5.74) is 1.63. The molecule has 0 saturated heterocycles. The van der Waals surface area contributed by atoms with Crippen molar-refractivity contribution in [2.75, 3.05) is 0 Å². The Morgan fingerprint density at radius 2 is 2.36 bits per heavy atom.